The minimum absolute atomic E-state index is 0.0711. The average molecular weight is 471 g/mol. The molecule has 0 spiro atoms. The Bertz CT molecular complexity index is 1170. The van der Waals surface area contributed by atoms with Crippen molar-refractivity contribution in [2.45, 2.75) is 11.3 Å². The number of benzene rings is 2. The number of carbonyl (C=O) groups excluding carboxylic acids is 2. The summed E-state index contributed by atoms with van der Waals surface area (Å²) < 4.78 is 38.4. The Kier molecular flexibility index (Phi) is 7.55. The van der Waals surface area contributed by atoms with Crippen molar-refractivity contribution < 1.29 is 27.5 Å². The maximum Gasteiger partial charge on any atom is 0.342 e. The van der Waals surface area contributed by atoms with E-state index in [0.717, 1.165) is 5.56 Å². The van der Waals surface area contributed by atoms with E-state index in [0.29, 0.717) is 18.7 Å². The van der Waals surface area contributed by atoms with Crippen LogP contribution in [-0.4, -0.2) is 58.5 Å². The summed E-state index contributed by atoms with van der Waals surface area (Å²) in [5, 5.41) is 0. The zero-order chi connectivity index (χ0) is 24.0. The van der Waals surface area contributed by atoms with Crippen molar-refractivity contribution in [2.75, 3.05) is 37.7 Å². The Hall–Kier alpha value is -3.59. The first-order valence-corrected chi connectivity index (χ1v) is 11.7. The highest BCUT2D eigenvalue weighted by atomic mass is 32.2. The molecule has 0 saturated carbocycles. The van der Waals surface area contributed by atoms with Crippen LogP contribution in [0.5, 0.6) is 5.75 Å². The monoisotopic (exact) mass is 470 g/mol. The van der Waals surface area contributed by atoms with Crippen molar-refractivity contribution in [2.24, 2.45) is 0 Å². The summed E-state index contributed by atoms with van der Waals surface area (Å²) in [5.74, 6) is -1.15. The fourth-order valence-electron chi connectivity index (χ4n) is 3.58. The summed E-state index contributed by atoms with van der Waals surface area (Å²) in [6.07, 6.45) is 3.71. The molecule has 2 aromatic rings. The molecule has 0 fully saturated rings. The summed E-state index contributed by atoms with van der Waals surface area (Å²) in [6, 6.07) is 11.3. The van der Waals surface area contributed by atoms with Gasteiger partial charge in [0.1, 0.15) is 11.3 Å². The molecule has 0 bridgehead atoms. The lowest BCUT2D eigenvalue weighted by molar-refractivity contribution is -0.133. The van der Waals surface area contributed by atoms with E-state index < -0.39 is 28.5 Å². The Balaban J connectivity index is 1.84. The van der Waals surface area contributed by atoms with Gasteiger partial charge in [-0.1, -0.05) is 30.4 Å². The molecule has 0 atom stereocenters. The number of sulfonamides is 1. The first-order valence-electron chi connectivity index (χ1n) is 10.3. The summed E-state index contributed by atoms with van der Waals surface area (Å²) in [7, 11) is -2.56. The van der Waals surface area contributed by atoms with Crippen molar-refractivity contribution >= 4 is 27.6 Å². The van der Waals surface area contributed by atoms with E-state index in [1.807, 2.05) is 12.1 Å². The number of carbonyl (C=O) groups is 2. The predicted octanol–water partition coefficient (Wildman–Crippen LogP) is 2.80. The molecule has 0 unspecified atom stereocenters. The topological polar surface area (TPSA) is 93.2 Å². The van der Waals surface area contributed by atoms with Gasteiger partial charge >= 0.3 is 5.97 Å². The van der Waals surface area contributed by atoms with Crippen molar-refractivity contribution in [1.82, 2.24) is 4.90 Å². The lowest BCUT2D eigenvalue weighted by atomic mass is 10.2. The van der Waals surface area contributed by atoms with Gasteiger partial charge in [-0.25, -0.2) is 13.2 Å². The van der Waals surface area contributed by atoms with Gasteiger partial charge in [-0.3, -0.25) is 9.10 Å². The van der Waals surface area contributed by atoms with Gasteiger partial charge in [0.05, 0.1) is 17.7 Å². The third-order valence-corrected chi connectivity index (χ3v) is 7.01. The maximum absolute atomic E-state index is 13.3. The molecule has 2 aromatic carbocycles. The second kappa shape index (κ2) is 10.4. The number of methoxy groups -OCH3 is 1. The number of nitrogens with zero attached hydrogens (tertiary/aromatic N) is 2. The third kappa shape index (κ3) is 5.09. The molecule has 0 aliphatic carbocycles. The Morgan fingerprint density at radius 1 is 1.12 bits per heavy atom. The molecule has 3 rings (SSSR count). The number of hydrogen-bond acceptors (Lipinski definition) is 6. The first-order chi connectivity index (χ1) is 15.8. The first kappa shape index (κ1) is 24.1. The number of anilines is 1. The van der Waals surface area contributed by atoms with E-state index in [1.165, 1.54) is 34.5 Å². The molecular formula is C24H26N2O6S. The van der Waals surface area contributed by atoms with Crippen LogP contribution in [0.25, 0.3) is 0 Å². The fraction of sp³-hybridized carbons (Fsp3) is 0.250. The highest BCUT2D eigenvalue weighted by molar-refractivity contribution is 7.92. The molecule has 174 valence electrons. The quantitative estimate of drug-likeness (QED) is 0.392. The van der Waals surface area contributed by atoms with Gasteiger partial charge in [-0.05, 0) is 36.2 Å². The van der Waals surface area contributed by atoms with E-state index in [9.17, 15) is 18.0 Å². The Morgan fingerprint density at radius 2 is 1.82 bits per heavy atom. The van der Waals surface area contributed by atoms with Gasteiger partial charge in [0.2, 0.25) is 0 Å². The van der Waals surface area contributed by atoms with Crippen LogP contribution >= 0.6 is 0 Å². The molecule has 1 aliphatic heterocycles. The second-order valence-corrected chi connectivity index (χ2v) is 9.13. The summed E-state index contributed by atoms with van der Waals surface area (Å²) >= 11 is 0. The van der Waals surface area contributed by atoms with Gasteiger partial charge < -0.3 is 14.4 Å². The molecule has 1 heterocycles. The normalized spacial score (nSPS) is 12.6. The predicted molar refractivity (Wildman–Crippen MR) is 125 cm³/mol. The van der Waals surface area contributed by atoms with Crippen molar-refractivity contribution in [3.63, 3.8) is 0 Å². The van der Waals surface area contributed by atoms with Crippen LogP contribution in [0, 0.1) is 0 Å². The van der Waals surface area contributed by atoms with Gasteiger partial charge in [0.15, 0.2) is 6.61 Å². The number of para-hydroxylation sites is 1. The zero-order valence-corrected chi connectivity index (χ0v) is 19.2. The smallest absolute Gasteiger partial charge is 0.342 e. The molecule has 1 amide bonds. The van der Waals surface area contributed by atoms with Crippen LogP contribution in [0.3, 0.4) is 0 Å². The third-order valence-electron chi connectivity index (χ3n) is 5.20. The Labute approximate surface area is 193 Å². The molecule has 0 radical (unpaired) electrons. The average Bonchev–Trinajstić information content (AvgIpc) is 3.27. The van der Waals surface area contributed by atoms with E-state index in [4.69, 9.17) is 9.47 Å². The number of ether oxygens (including phenoxy) is 2. The minimum atomic E-state index is -3.92. The van der Waals surface area contributed by atoms with E-state index in [-0.39, 0.29) is 29.3 Å². The molecule has 0 N–H and O–H groups in total. The highest BCUT2D eigenvalue weighted by Crippen LogP contribution is 2.34. The number of hydrogen-bond donors (Lipinski definition) is 0. The standard InChI is InChI=1S/C24H26N2O6S/c1-4-13-25(14-5-2)23(27)17-32-24(28)20-16-19(10-11-22(20)31-3)33(29,30)26-15-12-18-8-6-7-9-21(18)26/h4-11,16H,1-2,12-15,17H2,3H3. The van der Waals surface area contributed by atoms with Crippen LogP contribution in [0.15, 0.2) is 72.7 Å². The van der Waals surface area contributed by atoms with Gasteiger partial charge in [0, 0.05) is 19.6 Å². The lowest BCUT2D eigenvalue weighted by Crippen LogP contribution is -2.35. The van der Waals surface area contributed by atoms with Crippen LogP contribution < -0.4 is 9.04 Å². The van der Waals surface area contributed by atoms with Gasteiger partial charge in [0.25, 0.3) is 15.9 Å². The van der Waals surface area contributed by atoms with Gasteiger partial charge in [-0.15, -0.1) is 13.2 Å². The van der Waals surface area contributed by atoms with Crippen LogP contribution in [0.2, 0.25) is 0 Å². The molecule has 1 aliphatic rings. The van der Waals surface area contributed by atoms with E-state index in [2.05, 4.69) is 13.2 Å². The Morgan fingerprint density at radius 3 is 2.48 bits per heavy atom. The zero-order valence-electron chi connectivity index (χ0n) is 18.4. The molecule has 0 aromatic heterocycles. The van der Waals surface area contributed by atoms with Crippen molar-refractivity contribution in [3.8, 4) is 5.75 Å². The molecule has 9 heteroatoms. The highest BCUT2D eigenvalue weighted by Gasteiger charge is 2.32. The molecular weight excluding hydrogens is 444 g/mol. The number of rotatable bonds is 10. The lowest BCUT2D eigenvalue weighted by Gasteiger charge is -2.21. The molecule has 0 saturated heterocycles. The van der Waals surface area contributed by atoms with E-state index in [1.54, 1.807) is 24.3 Å². The maximum atomic E-state index is 13.3. The summed E-state index contributed by atoms with van der Waals surface area (Å²) in [6.45, 7) is 7.54. The van der Waals surface area contributed by atoms with Crippen LogP contribution in [0.1, 0.15) is 15.9 Å². The van der Waals surface area contributed by atoms with Crippen molar-refractivity contribution in [1.29, 1.82) is 0 Å². The molecule has 33 heavy (non-hydrogen) atoms. The summed E-state index contributed by atoms with van der Waals surface area (Å²) in [5.41, 5.74) is 1.47. The SMILES string of the molecule is C=CCN(CC=C)C(=O)COC(=O)c1cc(S(=O)(=O)N2CCc3ccccc32)ccc1OC. The second-order valence-electron chi connectivity index (χ2n) is 7.27. The molecule has 8 nitrogen and oxygen atoms in total. The number of amides is 1. The largest absolute Gasteiger partial charge is 0.496 e. The van der Waals surface area contributed by atoms with Gasteiger partial charge in [-0.2, -0.15) is 0 Å². The van der Waals surface area contributed by atoms with E-state index >= 15 is 0 Å². The number of fused-ring (bicyclic) bond motifs is 1. The van der Waals surface area contributed by atoms with Crippen molar-refractivity contribution in [3.05, 3.63) is 78.9 Å². The number of esters is 1. The minimum Gasteiger partial charge on any atom is -0.496 e. The van der Waals surface area contributed by atoms with Crippen LogP contribution in [0.4, 0.5) is 5.69 Å². The summed E-state index contributed by atoms with van der Waals surface area (Å²) in [4.78, 5) is 26.4. The fourth-order valence-corrected chi connectivity index (χ4v) is 5.11. The van der Waals surface area contributed by atoms with Crippen LogP contribution in [-0.2, 0) is 26.0 Å².